The number of benzene rings is 1. The summed E-state index contributed by atoms with van der Waals surface area (Å²) in [5.41, 5.74) is 1.84. The molecule has 0 radical (unpaired) electrons. The van der Waals surface area contributed by atoms with Crippen LogP contribution >= 0.6 is 0 Å². The minimum atomic E-state index is -4.14. The Bertz CT molecular complexity index is 471. The zero-order chi connectivity index (χ0) is 13.0. The molecule has 0 saturated carbocycles. The zero-order valence-corrected chi connectivity index (χ0v) is 9.72. The number of fused-ring (bicyclic) bond motifs is 1. The number of halogens is 3. The highest BCUT2D eigenvalue weighted by Gasteiger charge is 2.25. The number of imidazole rings is 1. The molecule has 0 fully saturated rings. The number of aryl methyl sites for hydroxylation is 1. The fraction of sp³-hybridized carbons (Fsp3) is 0.417. The molecule has 18 heavy (non-hydrogen) atoms. The molecule has 2 aromatic rings. The molecule has 0 bridgehead atoms. The number of rotatable bonds is 5. The summed E-state index contributed by atoms with van der Waals surface area (Å²) >= 11 is 0. The standard InChI is InChI=1S/C12H14F3N3/c13-12(14,15)8-16-7-3-6-11-17-9-4-1-2-5-10(9)18-11/h1-2,4-5,16H,3,6-8H2,(H,17,18). The van der Waals surface area contributed by atoms with Crippen molar-refractivity contribution in [1.29, 1.82) is 0 Å². The van der Waals surface area contributed by atoms with Crippen LogP contribution in [0.5, 0.6) is 0 Å². The SMILES string of the molecule is FC(F)(F)CNCCCc1nc2ccccc2[nH]1. The third-order valence-electron chi connectivity index (χ3n) is 2.53. The maximum absolute atomic E-state index is 11.9. The number of hydrogen-bond acceptors (Lipinski definition) is 2. The lowest BCUT2D eigenvalue weighted by molar-refractivity contribution is -0.124. The molecule has 0 atom stereocenters. The molecular formula is C12H14F3N3. The van der Waals surface area contributed by atoms with Crippen molar-refractivity contribution >= 4 is 11.0 Å². The van der Waals surface area contributed by atoms with Crippen LogP contribution in [-0.4, -0.2) is 29.2 Å². The summed E-state index contributed by atoms with van der Waals surface area (Å²) in [4.78, 5) is 7.50. The first kappa shape index (κ1) is 12.9. The van der Waals surface area contributed by atoms with Gasteiger partial charge in [0.2, 0.25) is 0 Å². The van der Waals surface area contributed by atoms with E-state index in [4.69, 9.17) is 0 Å². The van der Waals surface area contributed by atoms with Gasteiger partial charge in [-0.15, -0.1) is 0 Å². The van der Waals surface area contributed by atoms with Crippen LogP contribution in [0, 0.1) is 0 Å². The summed E-state index contributed by atoms with van der Waals surface area (Å²) in [5.74, 6) is 0.810. The molecule has 3 nitrogen and oxygen atoms in total. The highest BCUT2D eigenvalue weighted by Crippen LogP contribution is 2.13. The number of aromatic nitrogens is 2. The largest absolute Gasteiger partial charge is 0.401 e. The highest BCUT2D eigenvalue weighted by molar-refractivity contribution is 5.74. The number of alkyl halides is 3. The van der Waals surface area contributed by atoms with E-state index in [0.29, 0.717) is 19.4 Å². The Morgan fingerprint density at radius 1 is 1.22 bits per heavy atom. The number of nitrogens with zero attached hydrogens (tertiary/aromatic N) is 1. The molecule has 0 amide bonds. The van der Waals surface area contributed by atoms with Crippen molar-refractivity contribution in [2.75, 3.05) is 13.1 Å². The fourth-order valence-electron chi connectivity index (χ4n) is 1.73. The van der Waals surface area contributed by atoms with E-state index in [9.17, 15) is 13.2 Å². The number of hydrogen-bond donors (Lipinski definition) is 2. The van der Waals surface area contributed by atoms with Crippen molar-refractivity contribution in [2.45, 2.75) is 19.0 Å². The molecule has 0 spiro atoms. The number of nitrogens with one attached hydrogen (secondary N) is 2. The molecule has 0 unspecified atom stereocenters. The molecule has 6 heteroatoms. The van der Waals surface area contributed by atoms with Gasteiger partial charge in [-0.2, -0.15) is 13.2 Å². The third kappa shape index (κ3) is 3.73. The molecule has 98 valence electrons. The van der Waals surface area contributed by atoms with Gasteiger partial charge in [-0.05, 0) is 25.1 Å². The summed E-state index contributed by atoms with van der Waals surface area (Å²) in [5, 5.41) is 2.36. The van der Waals surface area contributed by atoms with Gasteiger partial charge in [0, 0.05) is 6.42 Å². The van der Waals surface area contributed by atoms with E-state index in [1.165, 1.54) is 0 Å². The predicted octanol–water partition coefficient (Wildman–Crippen LogP) is 2.65. The third-order valence-corrected chi connectivity index (χ3v) is 2.53. The second kappa shape index (κ2) is 5.39. The Kier molecular flexibility index (Phi) is 3.86. The molecule has 2 N–H and O–H groups in total. The molecule has 2 rings (SSSR count). The number of para-hydroxylation sites is 2. The van der Waals surface area contributed by atoms with Gasteiger partial charge in [0.15, 0.2) is 0 Å². The Morgan fingerprint density at radius 3 is 2.72 bits per heavy atom. The normalized spacial score (nSPS) is 12.2. The van der Waals surface area contributed by atoms with Gasteiger partial charge in [0.25, 0.3) is 0 Å². The van der Waals surface area contributed by atoms with Crippen LogP contribution in [0.4, 0.5) is 13.2 Å². The van der Waals surface area contributed by atoms with Gasteiger partial charge < -0.3 is 10.3 Å². The van der Waals surface area contributed by atoms with Crippen LogP contribution in [0.1, 0.15) is 12.2 Å². The van der Waals surface area contributed by atoms with Crippen LogP contribution in [-0.2, 0) is 6.42 Å². The van der Waals surface area contributed by atoms with Crippen LogP contribution in [0.15, 0.2) is 24.3 Å². The maximum Gasteiger partial charge on any atom is 0.401 e. The second-order valence-corrected chi connectivity index (χ2v) is 4.10. The molecule has 0 saturated heterocycles. The van der Waals surface area contributed by atoms with Gasteiger partial charge in [-0.25, -0.2) is 4.98 Å². The quantitative estimate of drug-likeness (QED) is 0.808. The molecule has 1 heterocycles. The maximum atomic E-state index is 11.9. The molecule has 1 aromatic heterocycles. The van der Waals surface area contributed by atoms with Gasteiger partial charge >= 0.3 is 6.18 Å². The van der Waals surface area contributed by atoms with Gasteiger partial charge in [-0.1, -0.05) is 12.1 Å². The summed E-state index contributed by atoms with van der Waals surface area (Å²) in [7, 11) is 0. The van der Waals surface area contributed by atoms with Crippen molar-refractivity contribution in [3.63, 3.8) is 0 Å². The van der Waals surface area contributed by atoms with E-state index < -0.39 is 12.7 Å². The first-order valence-electron chi connectivity index (χ1n) is 5.76. The van der Waals surface area contributed by atoms with E-state index in [1.54, 1.807) is 0 Å². The first-order chi connectivity index (χ1) is 8.54. The molecule has 1 aromatic carbocycles. The van der Waals surface area contributed by atoms with E-state index >= 15 is 0 Å². The van der Waals surface area contributed by atoms with Crippen molar-refractivity contribution in [3.05, 3.63) is 30.1 Å². The average molecular weight is 257 g/mol. The van der Waals surface area contributed by atoms with Crippen molar-refractivity contribution in [3.8, 4) is 0 Å². The summed E-state index contributed by atoms with van der Waals surface area (Å²) < 4.78 is 35.6. The average Bonchev–Trinajstić information content (AvgIpc) is 2.69. The lowest BCUT2D eigenvalue weighted by Crippen LogP contribution is -2.29. The second-order valence-electron chi connectivity index (χ2n) is 4.10. The molecule has 0 aliphatic carbocycles. The van der Waals surface area contributed by atoms with Crippen LogP contribution in [0.25, 0.3) is 11.0 Å². The first-order valence-corrected chi connectivity index (χ1v) is 5.76. The Balaban J connectivity index is 1.77. The Morgan fingerprint density at radius 2 is 2.00 bits per heavy atom. The Labute approximate surface area is 102 Å². The lowest BCUT2D eigenvalue weighted by Gasteiger charge is -2.07. The van der Waals surface area contributed by atoms with E-state index in [0.717, 1.165) is 16.9 Å². The van der Waals surface area contributed by atoms with Gasteiger partial charge in [0.1, 0.15) is 5.82 Å². The van der Waals surface area contributed by atoms with Crippen molar-refractivity contribution in [2.24, 2.45) is 0 Å². The van der Waals surface area contributed by atoms with E-state index in [2.05, 4.69) is 15.3 Å². The predicted molar refractivity (Wildman–Crippen MR) is 63.3 cm³/mol. The van der Waals surface area contributed by atoms with Crippen molar-refractivity contribution in [1.82, 2.24) is 15.3 Å². The minimum absolute atomic E-state index is 0.330. The summed E-state index contributed by atoms with van der Waals surface area (Å²) in [6, 6.07) is 7.64. The number of H-pyrrole nitrogens is 1. The zero-order valence-electron chi connectivity index (χ0n) is 9.72. The van der Waals surface area contributed by atoms with Crippen molar-refractivity contribution < 1.29 is 13.2 Å². The molecular weight excluding hydrogens is 243 g/mol. The topological polar surface area (TPSA) is 40.7 Å². The summed E-state index contributed by atoms with van der Waals surface area (Å²) in [6.07, 6.45) is -2.88. The van der Waals surface area contributed by atoms with Crippen LogP contribution in [0.2, 0.25) is 0 Å². The molecule has 0 aliphatic rings. The molecule has 0 aliphatic heterocycles. The van der Waals surface area contributed by atoms with Crippen LogP contribution < -0.4 is 5.32 Å². The monoisotopic (exact) mass is 257 g/mol. The van der Waals surface area contributed by atoms with E-state index in [-0.39, 0.29) is 0 Å². The highest BCUT2D eigenvalue weighted by atomic mass is 19.4. The fourth-order valence-corrected chi connectivity index (χ4v) is 1.73. The Hall–Kier alpha value is -1.56. The lowest BCUT2D eigenvalue weighted by atomic mass is 10.3. The van der Waals surface area contributed by atoms with E-state index in [1.807, 2.05) is 24.3 Å². The number of aromatic amines is 1. The summed E-state index contributed by atoms with van der Waals surface area (Å²) in [6.45, 7) is -0.607. The van der Waals surface area contributed by atoms with Gasteiger partial charge in [0.05, 0.1) is 17.6 Å². The smallest absolute Gasteiger partial charge is 0.342 e. The minimum Gasteiger partial charge on any atom is -0.342 e. The van der Waals surface area contributed by atoms with Gasteiger partial charge in [-0.3, -0.25) is 0 Å². The van der Waals surface area contributed by atoms with Crippen LogP contribution in [0.3, 0.4) is 0 Å².